The molecule has 5 rings (SSSR count). The number of halogens is 3. The van der Waals surface area contributed by atoms with E-state index >= 15 is 0 Å². The molecule has 0 bridgehead atoms. The van der Waals surface area contributed by atoms with Crippen LogP contribution in [-0.4, -0.2) is 4.57 Å². The predicted octanol–water partition coefficient (Wildman–Crippen LogP) is 7.96. The largest absolute Gasteiger partial charge is 0.457 e. The molecule has 0 atom stereocenters. The van der Waals surface area contributed by atoms with E-state index in [1.165, 1.54) is 12.1 Å². The molecule has 34 heavy (non-hydrogen) atoms. The van der Waals surface area contributed by atoms with E-state index in [0.717, 1.165) is 16.7 Å². The molecule has 5 aromatic rings. The Balaban J connectivity index is 1.62. The summed E-state index contributed by atoms with van der Waals surface area (Å²) in [5.41, 5.74) is 1.88. The zero-order chi connectivity index (χ0) is 23.7. The van der Waals surface area contributed by atoms with E-state index < -0.39 is 5.82 Å². The summed E-state index contributed by atoms with van der Waals surface area (Å²) < 4.78 is 21.1. The summed E-state index contributed by atoms with van der Waals surface area (Å²) in [6, 6.07) is 28.4. The lowest BCUT2D eigenvalue weighted by atomic mass is 10.1. The summed E-state index contributed by atoms with van der Waals surface area (Å²) in [4.78, 5) is 13.6. The maximum atomic E-state index is 13.6. The van der Waals surface area contributed by atoms with Crippen LogP contribution in [0.2, 0.25) is 10.0 Å². The van der Waals surface area contributed by atoms with Crippen molar-refractivity contribution in [2.75, 3.05) is 0 Å². The highest BCUT2D eigenvalue weighted by Gasteiger charge is 2.15. The average molecular weight is 490 g/mol. The highest BCUT2D eigenvalue weighted by atomic mass is 35.5. The average Bonchev–Trinajstić information content (AvgIpc) is 2.83. The first kappa shape index (κ1) is 22.2. The van der Waals surface area contributed by atoms with Gasteiger partial charge >= 0.3 is 0 Å². The number of pyridine rings is 1. The van der Waals surface area contributed by atoms with Gasteiger partial charge < -0.3 is 9.30 Å². The van der Waals surface area contributed by atoms with Crippen LogP contribution in [0.3, 0.4) is 0 Å². The van der Waals surface area contributed by atoms with Crippen LogP contribution in [0, 0.1) is 5.82 Å². The third kappa shape index (κ3) is 4.43. The molecule has 0 spiro atoms. The Kier molecular flexibility index (Phi) is 6.10. The quantitative estimate of drug-likeness (QED) is 0.250. The highest BCUT2D eigenvalue weighted by Crippen LogP contribution is 2.30. The molecule has 168 valence electrons. The van der Waals surface area contributed by atoms with Crippen LogP contribution in [0.4, 0.5) is 4.39 Å². The van der Waals surface area contributed by atoms with Gasteiger partial charge in [-0.15, -0.1) is 0 Å². The second-order valence-electron chi connectivity index (χ2n) is 7.80. The van der Waals surface area contributed by atoms with Crippen LogP contribution in [-0.2, 0) is 6.54 Å². The number of rotatable bonds is 5. The maximum Gasteiger partial charge on any atom is 0.260 e. The van der Waals surface area contributed by atoms with E-state index in [1.807, 2.05) is 72.8 Å². The standard InChI is InChI=1S/C28H18Cl2FNO2/c29-24-8-4-5-19-15-26(18-10-13-23(14-11-18)34-22-6-2-1-3-7-22)32(28(33)27(19)24)17-20-9-12-21(31)16-25(20)30/h1-16H,17H2. The highest BCUT2D eigenvalue weighted by molar-refractivity contribution is 6.35. The molecule has 6 heteroatoms. The van der Waals surface area contributed by atoms with Crippen molar-refractivity contribution in [3.8, 4) is 22.8 Å². The molecular weight excluding hydrogens is 472 g/mol. The molecule has 1 aromatic heterocycles. The number of para-hydroxylation sites is 1. The van der Waals surface area contributed by atoms with Crippen molar-refractivity contribution in [2.24, 2.45) is 0 Å². The normalized spacial score (nSPS) is 11.0. The molecule has 0 aliphatic heterocycles. The third-order valence-electron chi connectivity index (χ3n) is 5.56. The topological polar surface area (TPSA) is 31.2 Å². The van der Waals surface area contributed by atoms with Gasteiger partial charge in [0.25, 0.3) is 5.56 Å². The Hall–Kier alpha value is -3.60. The van der Waals surface area contributed by atoms with Crippen LogP contribution in [0.5, 0.6) is 11.5 Å². The van der Waals surface area contributed by atoms with E-state index in [2.05, 4.69) is 0 Å². The lowest BCUT2D eigenvalue weighted by molar-refractivity contribution is 0.483. The molecule has 4 aromatic carbocycles. The van der Waals surface area contributed by atoms with Crippen molar-refractivity contribution < 1.29 is 9.13 Å². The van der Waals surface area contributed by atoms with Crippen LogP contribution in [0.25, 0.3) is 22.0 Å². The van der Waals surface area contributed by atoms with Gasteiger partial charge in [0.1, 0.15) is 17.3 Å². The Labute approximate surface area is 205 Å². The first-order valence-corrected chi connectivity index (χ1v) is 11.3. The Bertz CT molecular complexity index is 1550. The monoisotopic (exact) mass is 489 g/mol. The smallest absolute Gasteiger partial charge is 0.260 e. The fraction of sp³-hybridized carbons (Fsp3) is 0.0357. The predicted molar refractivity (Wildman–Crippen MR) is 136 cm³/mol. The van der Waals surface area contributed by atoms with Gasteiger partial charge in [0.2, 0.25) is 0 Å². The Morgan fingerprint density at radius 2 is 1.50 bits per heavy atom. The first-order chi connectivity index (χ1) is 16.5. The number of aromatic nitrogens is 1. The number of hydrogen-bond donors (Lipinski definition) is 0. The second-order valence-corrected chi connectivity index (χ2v) is 8.61. The van der Waals surface area contributed by atoms with Crippen molar-refractivity contribution in [1.82, 2.24) is 4.57 Å². The fourth-order valence-electron chi connectivity index (χ4n) is 3.89. The van der Waals surface area contributed by atoms with Crippen LogP contribution in [0.15, 0.2) is 102 Å². The van der Waals surface area contributed by atoms with Gasteiger partial charge in [-0.3, -0.25) is 4.79 Å². The Morgan fingerprint density at radius 3 is 2.24 bits per heavy atom. The van der Waals surface area contributed by atoms with Crippen molar-refractivity contribution in [1.29, 1.82) is 0 Å². The molecule has 0 N–H and O–H groups in total. The summed E-state index contributed by atoms with van der Waals surface area (Å²) in [6.45, 7) is 0.163. The molecule has 0 saturated carbocycles. The minimum Gasteiger partial charge on any atom is -0.457 e. The first-order valence-electron chi connectivity index (χ1n) is 10.6. The van der Waals surface area contributed by atoms with E-state index in [-0.39, 0.29) is 17.1 Å². The van der Waals surface area contributed by atoms with Crippen molar-refractivity contribution in [3.05, 3.63) is 129 Å². The van der Waals surface area contributed by atoms with Gasteiger partial charge in [-0.2, -0.15) is 0 Å². The lowest BCUT2D eigenvalue weighted by Gasteiger charge is -2.17. The van der Waals surface area contributed by atoms with Gasteiger partial charge in [-0.1, -0.05) is 59.6 Å². The van der Waals surface area contributed by atoms with Gasteiger partial charge in [0, 0.05) is 5.02 Å². The molecule has 3 nitrogen and oxygen atoms in total. The summed E-state index contributed by atoms with van der Waals surface area (Å²) >= 11 is 12.7. The van der Waals surface area contributed by atoms with Gasteiger partial charge in [-0.05, 0) is 77.2 Å². The van der Waals surface area contributed by atoms with Crippen molar-refractivity contribution >= 4 is 34.0 Å². The molecule has 0 radical (unpaired) electrons. The maximum absolute atomic E-state index is 13.6. The van der Waals surface area contributed by atoms with Gasteiger partial charge in [0.05, 0.1) is 22.6 Å². The van der Waals surface area contributed by atoms with Crippen LogP contribution < -0.4 is 10.3 Å². The van der Waals surface area contributed by atoms with Crippen molar-refractivity contribution in [3.63, 3.8) is 0 Å². The number of ether oxygens (including phenoxy) is 1. The minimum absolute atomic E-state index is 0.163. The minimum atomic E-state index is -0.433. The van der Waals surface area contributed by atoms with E-state index in [9.17, 15) is 9.18 Å². The molecule has 1 heterocycles. The molecule has 0 aliphatic rings. The molecule has 0 saturated heterocycles. The molecule has 0 unspecified atom stereocenters. The molecule has 0 fully saturated rings. The second kappa shape index (κ2) is 9.34. The van der Waals surface area contributed by atoms with Crippen molar-refractivity contribution in [2.45, 2.75) is 6.54 Å². The number of nitrogens with zero attached hydrogens (tertiary/aromatic N) is 1. The van der Waals surface area contributed by atoms with Crippen LogP contribution >= 0.6 is 23.2 Å². The Morgan fingerprint density at radius 1 is 0.765 bits per heavy atom. The summed E-state index contributed by atoms with van der Waals surface area (Å²) in [5, 5.41) is 1.79. The van der Waals surface area contributed by atoms with E-state index in [0.29, 0.717) is 27.4 Å². The zero-order valence-corrected chi connectivity index (χ0v) is 19.4. The number of benzene rings is 4. The van der Waals surface area contributed by atoms with E-state index in [4.69, 9.17) is 27.9 Å². The molecular formula is C28H18Cl2FNO2. The molecule has 0 aliphatic carbocycles. The fourth-order valence-corrected chi connectivity index (χ4v) is 4.38. The van der Waals surface area contributed by atoms with Crippen LogP contribution in [0.1, 0.15) is 5.56 Å². The summed E-state index contributed by atoms with van der Waals surface area (Å²) in [7, 11) is 0. The van der Waals surface area contributed by atoms with Gasteiger partial charge in [0.15, 0.2) is 0 Å². The number of hydrogen-bond acceptors (Lipinski definition) is 2. The summed E-state index contributed by atoms with van der Waals surface area (Å²) in [5.74, 6) is 0.976. The third-order valence-corrected chi connectivity index (χ3v) is 6.23. The van der Waals surface area contributed by atoms with Gasteiger partial charge in [-0.25, -0.2) is 4.39 Å². The lowest BCUT2D eigenvalue weighted by Crippen LogP contribution is -2.23. The SMILES string of the molecule is O=c1c2c(Cl)cccc2cc(-c2ccc(Oc3ccccc3)cc2)n1Cc1ccc(F)cc1Cl. The zero-order valence-electron chi connectivity index (χ0n) is 17.8. The number of fused-ring (bicyclic) bond motifs is 1. The van der Waals surface area contributed by atoms with E-state index in [1.54, 1.807) is 16.7 Å². The summed E-state index contributed by atoms with van der Waals surface area (Å²) in [6.07, 6.45) is 0. The molecule has 0 amide bonds.